The first-order valence-corrected chi connectivity index (χ1v) is 5.59. The lowest BCUT2D eigenvalue weighted by Crippen LogP contribution is -2.00. The highest BCUT2D eigenvalue weighted by Gasteiger charge is 2.12. The number of aryl methyl sites for hydroxylation is 2. The van der Waals surface area contributed by atoms with Crippen molar-refractivity contribution in [3.63, 3.8) is 0 Å². The van der Waals surface area contributed by atoms with E-state index in [0.717, 1.165) is 16.6 Å². The van der Waals surface area contributed by atoms with Crippen molar-refractivity contribution >= 4 is 32.8 Å². The molecular weight excluding hydrogens is 270 g/mol. The minimum absolute atomic E-state index is 0.278. The molecule has 16 heavy (non-hydrogen) atoms. The Labute approximate surface area is 101 Å². The van der Waals surface area contributed by atoms with Gasteiger partial charge in [0.05, 0.1) is 11.1 Å². The summed E-state index contributed by atoms with van der Waals surface area (Å²) in [5.74, 6) is -0.934. The number of hydrogen-bond donors (Lipinski definition) is 1. The highest BCUT2D eigenvalue weighted by Crippen LogP contribution is 2.25. The average Bonchev–Trinajstić information content (AvgIpc) is 2.23. The molecule has 0 spiro atoms. The van der Waals surface area contributed by atoms with Crippen LogP contribution in [-0.4, -0.2) is 16.1 Å². The Bertz CT molecular complexity index is 593. The summed E-state index contributed by atoms with van der Waals surface area (Å²) >= 11 is 3.24. The highest BCUT2D eigenvalue weighted by atomic mass is 79.9. The van der Waals surface area contributed by atoms with Gasteiger partial charge >= 0.3 is 5.97 Å². The normalized spacial score (nSPS) is 10.7. The third-order valence-corrected chi connectivity index (χ3v) is 3.11. The SMILES string of the molecule is Cc1ccc2c(C(=O)O)cc(Br)nc2c1C. The molecule has 0 aliphatic carbocycles. The molecule has 82 valence electrons. The van der Waals surface area contributed by atoms with E-state index in [1.165, 1.54) is 6.07 Å². The number of fused-ring (bicyclic) bond motifs is 1. The molecule has 0 aliphatic rings. The molecule has 0 aliphatic heterocycles. The summed E-state index contributed by atoms with van der Waals surface area (Å²) in [7, 11) is 0. The Kier molecular flexibility index (Phi) is 2.68. The predicted molar refractivity (Wildman–Crippen MR) is 65.9 cm³/mol. The fourth-order valence-electron chi connectivity index (χ4n) is 1.68. The molecule has 1 aromatic heterocycles. The second kappa shape index (κ2) is 3.87. The van der Waals surface area contributed by atoms with E-state index in [9.17, 15) is 4.79 Å². The molecule has 0 saturated heterocycles. The number of benzene rings is 1. The van der Waals surface area contributed by atoms with Crippen molar-refractivity contribution in [1.29, 1.82) is 0 Å². The molecule has 1 heterocycles. The first-order chi connectivity index (χ1) is 7.50. The number of aromatic nitrogens is 1. The van der Waals surface area contributed by atoms with Gasteiger partial charge < -0.3 is 5.11 Å². The fraction of sp³-hybridized carbons (Fsp3) is 0.167. The first-order valence-electron chi connectivity index (χ1n) is 4.80. The van der Waals surface area contributed by atoms with Gasteiger partial charge in [-0.15, -0.1) is 0 Å². The molecule has 0 radical (unpaired) electrons. The minimum atomic E-state index is -0.934. The number of carboxylic acid groups (broad SMARTS) is 1. The summed E-state index contributed by atoms with van der Waals surface area (Å²) in [5, 5.41) is 9.80. The molecule has 0 bridgehead atoms. The molecule has 2 rings (SSSR count). The smallest absolute Gasteiger partial charge is 0.336 e. The Balaban J connectivity index is 2.94. The Morgan fingerprint density at radius 1 is 1.38 bits per heavy atom. The summed E-state index contributed by atoms with van der Waals surface area (Å²) in [6.45, 7) is 3.93. The Morgan fingerprint density at radius 3 is 2.69 bits per heavy atom. The molecule has 4 heteroatoms. The van der Waals surface area contributed by atoms with Crippen molar-refractivity contribution in [2.75, 3.05) is 0 Å². The van der Waals surface area contributed by atoms with Crippen molar-refractivity contribution in [2.24, 2.45) is 0 Å². The number of pyridine rings is 1. The lowest BCUT2D eigenvalue weighted by Gasteiger charge is -2.08. The molecule has 2 aromatic rings. The maximum absolute atomic E-state index is 11.1. The van der Waals surface area contributed by atoms with Gasteiger partial charge in [0.2, 0.25) is 0 Å². The van der Waals surface area contributed by atoms with Crippen molar-refractivity contribution in [3.8, 4) is 0 Å². The van der Waals surface area contributed by atoms with Crippen LogP contribution in [0.1, 0.15) is 21.5 Å². The zero-order valence-electron chi connectivity index (χ0n) is 8.91. The maximum Gasteiger partial charge on any atom is 0.336 e. The van der Waals surface area contributed by atoms with Crippen LogP contribution in [0.25, 0.3) is 10.9 Å². The monoisotopic (exact) mass is 279 g/mol. The van der Waals surface area contributed by atoms with Crippen LogP contribution >= 0.6 is 15.9 Å². The van der Waals surface area contributed by atoms with Crippen molar-refractivity contribution in [1.82, 2.24) is 4.98 Å². The number of aromatic carboxylic acids is 1. The van der Waals surface area contributed by atoms with Gasteiger partial charge in [-0.25, -0.2) is 9.78 Å². The zero-order valence-corrected chi connectivity index (χ0v) is 10.5. The molecule has 1 aromatic carbocycles. The molecule has 3 nitrogen and oxygen atoms in total. The van der Waals surface area contributed by atoms with Crippen molar-refractivity contribution in [3.05, 3.63) is 39.5 Å². The molecule has 1 N–H and O–H groups in total. The van der Waals surface area contributed by atoms with Crippen molar-refractivity contribution < 1.29 is 9.90 Å². The average molecular weight is 280 g/mol. The standard InChI is InChI=1S/C12H10BrNO2/c1-6-3-4-8-9(12(15)16)5-10(13)14-11(8)7(6)2/h3-5H,1-2H3,(H,15,16). The third-order valence-electron chi connectivity index (χ3n) is 2.70. The van der Waals surface area contributed by atoms with Crippen LogP contribution in [-0.2, 0) is 0 Å². The van der Waals surface area contributed by atoms with Crippen molar-refractivity contribution in [2.45, 2.75) is 13.8 Å². The first kappa shape index (κ1) is 11.1. The van der Waals surface area contributed by atoms with E-state index in [2.05, 4.69) is 20.9 Å². The second-order valence-electron chi connectivity index (χ2n) is 3.70. The lowest BCUT2D eigenvalue weighted by atomic mass is 10.0. The van der Waals surface area contributed by atoms with Crippen LogP contribution in [0.3, 0.4) is 0 Å². The van der Waals surface area contributed by atoms with E-state index in [1.807, 2.05) is 19.9 Å². The number of carboxylic acids is 1. The quantitative estimate of drug-likeness (QED) is 0.815. The van der Waals surface area contributed by atoms with Crippen LogP contribution in [0.2, 0.25) is 0 Å². The van der Waals surface area contributed by atoms with E-state index in [1.54, 1.807) is 6.07 Å². The van der Waals surface area contributed by atoms with Gasteiger partial charge in [0.15, 0.2) is 0 Å². The molecule has 0 unspecified atom stereocenters. The Hall–Kier alpha value is -1.42. The van der Waals surface area contributed by atoms with Crippen LogP contribution in [0, 0.1) is 13.8 Å². The predicted octanol–water partition coefficient (Wildman–Crippen LogP) is 3.31. The summed E-state index contributed by atoms with van der Waals surface area (Å²) < 4.78 is 0.547. The van der Waals surface area contributed by atoms with Gasteiger partial charge in [-0.3, -0.25) is 0 Å². The largest absolute Gasteiger partial charge is 0.478 e. The minimum Gasteiger partial charge on any atom is -0.478 e. The summed E-state index contributed by atoms with van der Waals surface area (Å²) in [5.41, 5.74) is 3.14. The van der Waals surface area contributed by atoms with Crippen LogP contribution in [0.5, 0.6) is 0 Å². The number of carbonyl (C=O) groups is 1. The van der Waals surface area contributed by atoms with E-state index >= 15 is 0 Å². The molecular formula is C12H10BrNO2. The summed E-state index contributed by atoms with van der Waals surface area (Å²) in [4.78, 5) is 15.4. The van der Waals surface area contributed by atoms with E-state index < -0.39 is 5.97 Å². The van der Waals surface area contributed by atoms with Gasteiger partial charge in [0, 0.05) is 5.39 Å². The van der Waals surface area contributed by atoms with Gasteiger partial charge in [-0.1, -0.05) is 12.1 Å². The molecule has 0 fully saturated rings. The van der Waals surface area contributed by atoms with Gasteiger partial charge in [0.1, 0.15) is 4.60 Å². The van der Waals surface area contributed by atoms with E-state index in [4.69, 9.17) is 5.11 Å². The number of nitrogens with zero attached hydrogens (tertiary/aromatic N) is 1. The molecule has 0 atom stereocenters. The third kappa shape index (κ3) is 1.69. The zero-order chi connectivity index (χ0) is 11.9. The lowest BCUT2D eigenvalue weighted by molar-refractivity contribution is 0.0699. The molecule has 0 amide bonds. The Morgan fingerprint density at radius 2 is 2.06 bits per heavy atom. The second-order valence-corrected chi connectivity index (χ2v) is 4.51. The fourth-order valence-corrected chi connectivity index (χ4v) is 2.08. The number of halogens is 1. The highest BCUT2D eigenvalue weighted by molar-refractivity contribution is 9.10. The van der Waals surface area contributed by atoms with Crippen LogP contribution in [0.15, 0.2) is 22.8 Å². The molecule has 0 saturated carbocycles. The summed E-state index contributed by atoms with van der Waals surface area (Å²) in [6, 6.07) is 5.25. The number of rotatable bonds is 1. The van der Waals surface area contributed by atoms with Gasteiger partial charge in [-0.05, 0) is 47.0 Å². The van der Waals surface area contributed by atoms with Gasteiger partial charge in [-0.2, -0.15) is 0 Å². The van der Waals surface area contributed by atoms with Crippen LogP contribution < -0.4 is 0 Å². The van der Waals surface area contributed by atoms with Gasteiger partial charge in [0.25, 0.3) is 0 Å². The number of hydrogen-bond acceptors (Lipinski definition) is 2. The summed E-state index contributed by atoms with van der Waals surface area (Å²) in [6.07, 6.45) is 0. The topological polar surface area (TPSA) is 50.2 Å². The van der Waals surface area contributed by atoms with E-state index in [-0.39, 0.29) is 5.56 Å². The van der Waals surface area contributed by atoms with Crippen LogP contribution in [0.4, 0.5) is 0 Å². The van der Waals surface area contributed by atoms with E-state index in [0.29, 0.717) is 9.99 Å². The maximum atomic E-state index is 11.1.